The van der Waals surface area contributed by atoms with Gasteiger partial charge in [0, 0.05) is 10.8 Å². The molecule has 0 unspecified atom stereocenters. The van der Waals surface area contributed by atoms with Gasteiger partial charge < -0.3 is 0 Å². The minimum atomic E-state index is -3.83. The molecule has 2 saturated heterocycles. The normalized spacial score (nSPS) is 32.9. The lowest BCUT2D eigenvalue weighted by Crippen LogP contribution is -2.33. The van der Waals surface area contributed by atoms with E-state index in [0.29, 0.717) is 0 Å². The second-order valence-corrected chi connectivity index (χ2v) is 12.2. The van der Waals surface area contributed by atoms with Crippen molar-refractivity contribution in [1.29, 1.82) is 0 Å². The zero-order chi connectivity index (χ0) is 13.7. The van der Waals surface area contributed by atoms with E-state index in [4.69, 9.17) is 18.1 Å². The van der Waals surface area contributed by atoms with Crippen LogP contribution >= 0.6 is 14.6 Å². The zero-order valence-electron chi connectivity index (χ0n) is 11.2. The van der Waals surface area contributed by atoms with Gasteiger partial charge in [-0.15, -0.1) is 0 Å². The molecule has 8 heteroatoms. The van der Waals surface area contributed by atoms with Crippen LogP contribution in [0.1, 0.15) is 27.7 Å². The van der Waals surface area contributed by atoms with Crippen molar-refractivity contribution in [3.63, 3.8) is 0 Å². The molecular formula is C10H20O6P2. The van der Waals surface area contributed by atoms with Crippen LogP contribution in [-0.2, 0) is 27.2 Å². The topological polar surface area (TPSA) is 71.1 Å². The smallest absolute Gasteiger partial charge is 0.299 e. The molecule has 106 valence electrons. The van der Waals surface area contributed by atoms with Crippen molar-refractivity contribution in [2.75, 3.05) is 26.4 Å². The molecule has 0 amide bonds. The van der Waals surface area contributed by atoms with Crippen LogP contribution < -0.4 is 0 Å². The Morgan fingerprint density at radius 3 is 1.11 bits per heavy atom. The third-order valence-corrected chi connectivity index (χ3v) is 8.38. The molecule has 0 saturated carbocycles. The van der Waals surface area contributed by atoms with Gasteiger partial charge in [0.2, 0.25) is 0 Å². The van der Waals surface area contributed by atoms with Gasteiger partial charge in [-0.05, 0) is 0 Å². The van der Waals surface area contributed by atoms with Crippen molar-refractivity contribution in [3.8, 4) is 0 Å². The third kappa shape index (κ3) is 2.74. The first-order valence-electron chi connectivity index (χ1n) is 5.86. The van der Waals surface area contributed by atoms with Crippen molar-refractivity contribution in [3.05, 3.63) is 0 Å². The third-order valence-electron chi connectivity index (χ3n) is 2.77. The van der Waals surface area contributed by atoms with Gasteiger partial charge in [-0.3, -0.25) is 18.1 Å². The summed E-state index contributed by atoms with van der Waals surface area (Å²) in [5.41, 5.74) is -0.496. The summed E-state index contributed by atoms with van der Waals surface area (Å²) in [6.45, 7) is 8.51. The fraction of sp³-hybridized carbons (Fsp3) is 1.00. The van der Waals surface area contributed by atoms with Crippen molar-refractivity contribution in [2.24, 2.45) is 10.8 Å². The second-order valence-electron chi connectivity index (χ2n) is 6.36. The van der Waals surface area contributed by atoms with Crippen molar-refractivity contribution in [2.45, 2.75) is 27.7 Å². The maximum atomic E-state index is 12.5. The van der Waals surface area contributed by atoms with E-state index in [1.165, 1.54) is 0 Å². The van der Waals surface area contributed by atoms with E-state index in [9.17, 15) is 9.13 Å². The molecule has 0 spiro atoms. The Balaban J connectivity index is 2.12. The maximum absolute atomic E-state index is 12.5. The maximum Gasteiger partial charge on any atom is 0.441 e. The minimum absolute atomic E-state index is 0.213. The SMILES string of the molecule is CC1(C)COP(=O)(P2(=O)OCC(C)(C)CO2)OC1. The summed E-state index contributed by atoms with van der Waals surface area (Å²) < 4.78 is 45.7. The van der Waals surface area contributed by atoms with Crippen molar-refractivity contribution >= 4 is 14.6 Å². The van der Waals surface area contributed by atoms with E-state index in [-0.39, 0.29) is 37.3 Å². The zero-order valence-corrected chi connectivity index (χ0v) is 13.0. The summed E-state index contributed by atoms with van der Waals surface area (Å²) >= 11 is 0. The van der Waals surface area contributed by atoms with Crippen LogP contribution in [0.15, 0.2) is 0 Å². The molecule has 0 aromatic carbocycles. The molecule has 0 atom stereocenters. The van der Waals surface area contributed by atoms with Gasteiger partial charge in [-0.1, -0.05) is 27.7 Å². The summed E-state index contributed by atoms with van der Waals surface area (Å²) in [4.78, 5) is 0. The predicted octanol–water partition coefficient (Wildman–Crippen LogP) is 3.43. The van der Waals surface area contributed by atoms with Gasteiger partial charge >= 0.3 is 14.6 Å². The lowest BCUT2D eigenvalue weighted by atomic mass is 9.97. The highest BCUT2D eigenvalue weighted by Gasteiger charge is 2.57. The Bertz CT molecular complexity index is 362. The Kier molecular flexibility index (Phi) is 3.60. The summed E-state index contributed by atoms with van der Waals surface area (Å²) in [7, 11) is -7.65. The average molecular weight is 298 g/mol. The lowest BCUT2D eigenvalue weighted by molar-refractivity contribution is 0.0233. The molecular weight excluding hydrogens is 278 g/mol. The van der Waals surface area contributed by atoms with E-state index in [2.05, 4.69) is 0 Å². The predicted molar refractivity (Wildman–Crippen MR) is 66.6 cm³/mol. The summed E-state index contributed by atoms with van der Waals surface area (Å²) in [5, 5.41) is 0. The van der Waals surface area contributed by atoms with E-state index >= 15 is 0 Å². The molecule has 0 bridgehead atoms. The van der Waals surface area contributed by atoms with Gasteiger partial charge in [0.05, 0.1) is 26.4 Å². The molecule has 2 aliphatic rings. The fourth-order valence-corrected chi connectivity index (χ4v) is 6.62. The van der Waals surface area contributed by atoms with Crippen LogP contribution in [0.25, 0.3) is 0 Å². The van der Waals surface area contributed by atoms with Gasteiger partial charge in [0.25, 0.3) is 0 Å². The average Bonchev–Trinajstić information content (AvgIpc) is 2.27. The van der Waals surface area contributed by atoms with Gasteiger partial charge in [-0.2, -0.15) is 0 Å². The van der Waals surface area contributed by atoms with Crippen LogP contribution in [0.4, 0.5) is 0 Å². The van der Waals surface area contributed by atoms with Crippen LogP contribution in [-0.4, -0.2) is 26.4 Å². The van der Waals surface area contributed by atoms with Gasteiger partial charge in [-0.25, -0.2) is 9.13 Å². The largest absolute Gasteiger partial charge is 0.441 e. The minimum Gasteiger partial charge on any atom is -0.299 e. The highest BCUT2D eigenvalue weighted by Crippen LogP contribution is 2.86. The fourth-order valence-electron chi connectivity index (χ4n) is 1.47. The Labute approximate surface area is 107 Å². The highest BCUT2D eigenvalue weighted by molar-refractivity contribution is 8.27. The summed E-state index contributed by atoms with van der Waals surface area (Å²) in [5.74, 6) is 0. The number of hydrogen-bond acceptors (Lipinski definition) is 6. The quantitative estimate of drug-likeness (QED) is 0.691. The van der Waals surface area contributed by atoms with Crippen LogP contribution in [0.5, 0.6) is 0 Å². The molecule has 0 N–H and O–H groups in total. The molecule has 6 nitrogen and oxygen atoms in total. The molecule has 2 rings (SSSR count). The van der Waals surface area contributed by atoms with Gasteiger partial charge in [0.15, 0.2) is 0 Å². The Morgan fingerprint density at radius 2 is 0.889 bits per heavy atom. The van der Waals surface area contributed by atoms with Crippen molar-refractivity contribution in [1.82, 2.24) is 0 Å². The monoisotopic (exact) mass is 298 g/mol. The number of rotatable bonds is 1. The molecule has 2 fully saturated rings. The van der Waals surface area contributed by atoms with E-state index < -0.39 is 14.6 Å². The molecule has 2 heterocycles. The molecule has 0 radical (unpaired) electrons. The number of hydrogen-bond donors (Lipinski definition) is 0. The van der Waals surface area contributed by atoms with Crippen LogP contribution in [0.3, 0.4) is 0 Å². The first-order valence-corrected chi connectivity index (χ1v) is 9.66. The molecule has 0 aromatic rings. The molecule has 0 aliphatic carbocycles. The highest BCUT2D eigenvalue weighted by atomic mass is 32.1. The molecule has 2 aliphatic heterocycles. The van der Waals surface area contributed by atoms with Gasteiger partial charge in [0.1, 0.15) is 0 Å². The van der Waals surface area contributed by atoms with E-state index in [1.807, 2.05) is 27.7 Å². The Morgan fingerprint density at radius 1 is 0.667 bits per heavy atom. The van der Waals surface area contributed by atoms with Crippen LogP contribution in [0, 0.1) is 10.8 Å². The van der Waals surface area contributed by atoms with Crippen molar-refractivity contribution < 1.29 is 27.2 Å². The first-order chi connectivity index (χ1) is 8.08. The molecule has 18 heavy (non-hydrogen) atoms. The molecule has 0 aromatic heterocycles. The summed E-state index contributed by atoms with van der Waals surface area (Å²) in [6, 6.07) is 0. The van der Waals surface area contributed by atoms with Crippen LogP contribution in [0.2, 0.25) is 0 Å². The first kappa shape index (κ1) is 14.7. The summed E-state index contributed by atoms with van der Waals surface area (Å²) in [6.07, 6.45) is 0. The van der Waals surface area contributed by atoms with E-state index in [1.54, 1.807) is 0 Å². The van der Waals surface area contributed by atoms with E-state index in [0.717, 1.165) is 0 Å². The lowest BCUT2D eigenvalue weighted by Gasteiger charge is -2.40. The Hall–Kier alpha value is 0.300. The standard InChI is InChI=1S/C10H20O6P2/c1-9(2)5-13-17(11,14-6-9)18(12)15-7-10(3,4)8-16-18/h5-8H2,1-4H3. The second kappa shape index (κ2) is 4.41.